The number of rotatable bonds is 5. The average molecular weight is 270 g/mol. The van der Waals surface area contributed by atoms with E-state index < -0.39 is 0 Å². The maximum Gasteiger partial charge on any atom is 0.218 e. The fourth-order valence-electron chi connectivity index (χ4n) is 2.22. The SMILES string of the molecule is CCCC=C(C)OC(=N)c1ccc2[nH]cc(CC)c2c1. The second-order valence-electron chi connectivity index (χ2n) is 4.96. The zero-order chi connectivity index (χ0) is 14.5. The van der Waals surface area contributed by atoms with Crippen LogP contribution in [0.5, 0.6) is 0 Å². The van der Waals surface area contributed by atoms with Crippen molar-refractivity contribution in [3.05, 3.63) is 47.4 Å². The number of fused-ring (bicyclic) bond motifs is 1. The predicted octanol–water partition coefficient (Wildman–Crippen LogP) is 4.78. The van der Waals surface area contributed by atoms with Gasteiger partial charge in [-0.05, 0) is 49.6 Å². The summed E-state index contributed by atoms with van der Waals surface area (Å²) in [6, 6.07) is 5.96. The van der Waals surface area contributed by atoms with E-state index in [0.717, 1.165) is 36.1 Å². The molecule has 1 aromatic carbocycles. The molecule has 0 radical (unpaired) electrons. The molecule has 106 valence electrons. The van der Waals surface area contributed by atoms with Crippen molar-refractivity contribution in [2.24, 2.45) is 0 Å². The zero-order valence-electron chi connectivity index (χ0n) is 12.4. The van der Waals surface area contributed by atoms with Crippen molar-refractivity contribution >= 4 is 16.8 Å². The minimum atomic E-state index is 0.208. The lowest BCUT2D eigenvalue weighted by Crippen LogP contribution is -2.03. The van der Waals surface area contributed by atoms with Gasteiger partial charge in [0.1, 0.15) is 0 Å². The molecule has 2 aromatic rings. The van der Waals surface area contributed by atoms with Crippen LogP contribution in [0.15, 0.2) is 36.2 Å². The number of aryl methyl sites for hydroxylation is 1. The Labute approximate surface area is 120 Å². The first kappa shape index (κ1) is 14.4. The van der Waals surface area contributed by atoms with Crippen molar-refractivity contribution in [1.82, 2.24) is 4.98 Å². The van der Waals surface area contributed by atoms with Crippen LogP contribution in [0.4, 0.5) is 0 Å². The number of benzene rings is 1. The summed E-state index contributed by atoms with van der Waals surface area (Å²) in [5.41, 5.74) is 3.19. The van der Waals surface area contributed by atoms with Crippen LogP contribution >= 0.6 is 0 Å². The molecule has 3 heteroatoms. The number of nitrogens with one attached hydrogen (secondary N) is 2. The van der Waals surface area contributed by atoms with Crippen LogP contribution in [0.3, 0.4) is 0 Å². The third-order valence-electron chi connectivity index (χ3n) is 3.39. The summed E-state index contributed by atoms with van der Waals surface area (Å²) in [5.74, 6) is 1.00. The Morgan fingerprint density at radius 1 is 1.35 bits per heavy atom. The highest BCUT2D eigenvalue weighted by Gasteiger charge is 2.08. The second-order valence-corrected chi connectivity index (χ2v) is 4.96. The van der Waals surface area contributed by atoms with Gasteiger partial charge in [0.2, 0.25) is 5.90 Å². The van der Waals surface area contributed by atoms with Gasteiger partial charge in [0, 0.05) is 22.7 Å². The summed E-state index contributed by atoms with van der Waals surface area (Å²) >= 11 is 0. The fraction of sp³-hybridized carbons (Fsp3) is 0.353. The molecule has 0 aliphatic heterocycles. The highest BCUT2D eigenvalue weighted by atomic mass is 16.5. The van der Waals surface area contributed by atoms with Crippen molar-refractivity contribution in [3.8, 4) is 0 Å². The number of unbranched alkanes of at least 4 members (excludes halogenated alkanes) is 1. The van der Waals surface area contributed by atoms with E-state index in [2.05, 4.69) is 18.8 Å². The third kappa shape index (κ3) is 3.10. The van der Waals surface area contributed by atoms with Crippen LogP contribution in [0.2, 0.25) is 0 Å². The van der Waals surface area contributed by atoms with Gasteiger partial charge in [0.15, 0.2) is 0 Å². The smallest absolute Gasteiger partial charge is 0.218 e. The molecule has 0 unspecified atom stereocenters. The summed E-state index contributed by atoms with van der Waals surface area (Å²) in [7, 11) is 0. The van der Waals surface area contributed by atoms with Crippen LogP contribution in [-0.4, -0.2) is 10.9 Å². The van der Waals surface area contributed by atoms with Gasteiger partial charge in [0.05, 0.1) is 5.76 Å². The third-order valence-corrected chi connectivity index (χ3v) is 3.39. The summed E-state index contributed by atoms with van der Waals surface area (Å²) in [5, 5.41) is 9.25. The number of allylic oxidation sites excluding steroid dienone is 2. The molecule has 0 atom stereocenters. The van der Waals surface area contributed by atoms with E-state index in [1.54, 1.807) is 0 Å². The van der Waals surface area contributed by atoms with Crippen LogP contribution in [0.25, 0.3) is 10.9 Å². The zero-order valence-corrected chi connectivity index (χ0v) is 12.4. The van der Waals surface area contributed by atoms with E-state index in [1.807, 2.05) is 37.4 Å². The maximum absolute atomic E-state index is 8.08. The van der Waals surface area contributed by atoms with Gasteiger partial charge in [-0.15, -0.1) is 0 Å². The highest BCUT2D eigenvalue weighted by Crippen LogP contribution is 2.21. The van der Waals surface area contributed by atoms with E-state index >= 15 is 0 Å². The topological polar surface area (TPSA) is 48.9 Å². The van der Waals surface area contributed by atoms with Gasteiger partial charge in [-0.1, -0.05) is 20.3 Å². The van der Waals surface area contributed by atoms with Crippen LogP contribution in [0.1, 0.15) is 44.7 Å². The van der Waals surface area contributed by atoms with Crippen LogP contribution < -0.4 is 0 Å². The average Bonchev–Trinajstić information content (AvgIpc) is 2.87. The Bertz CT molecular complexity index is 637. The van der Waals surface area contributed by atoms with Gasteiger partial charge in [-0.3, -0.25) is 5.41 Å². The molecular formula is C17H22N2O. The monoisotopic (exact) mass is 270 g/mol. The number of hydrogen-bond acceptors (Lipinski definition) is 2. The Kier molecular flexibility index (Phi) is 4.61. The number of hydrogen-bond donors (Lipinski definition) is 2. The van der Waals surface area contributed by atoms with Gasteiger partial charge in [0.25, 0.3) is 0 Å². The molecule has 0 spiro atoms. The number of aromatic nitrogens is 1. The van der Waals surface area contributed by atoms with Gasteiger partial charge >= 0.3 is 0 Å². The molecule has 1 aromatic heterocycles. The number of H-pyrrole nitrogens is 1. The molecule has 0 saturated carbocycles. The molecule has 20 heavy (non-hydrogen) atoms. The number of ether oxygens (including phenoxy) is 1. The largest absolute Gasteiger partial charge is 0.444 e. The molecule has 3 nitrogen and oxygen atoms in total. The molecule has 2 rings (SSSR count). The molecule has 0 saturated heterocycles. The quantitative estimate of drug-likeness (QED) is 0.458. The van der Waals surface area contributed by atoms with E-state index in [9.17, 15) is 0 Å². The van der Waals surface area contributed by atoms with Crippen LogP contribution in [-0.2, 0) is 11.2 Å². The minimum Gasteiger partial charge on any atom is -0.444 e. The summed E-state index contributed by atoms with van der Waals surface area (Å²) in [4.78, 5) is 3.25. The van der Waals surface area contributed by atoms with Crippen molar-refractivity contribution in [3.63, 3.8) is 0 Å². The highest BCUT2D eigenvalue weighted by molar-refractivity contribution is 5.97. The van der Waals surface area contributed by atoms with E-state index in [-0.39, 0.29) is 5.90 Å². The van der Waals surface area contributed by atoms with Gasteiger partial charge < -0.3 is 9.72 Å². The Morgan fingerprint density at radius 2 is 2.15 bits per heavy atom. The summed E-state index contributed by atoms with van der Waals surface area (Å²) < 4.78 is 5.57. The maximum atomic E-state index is 8.08. The van der Waals surface area contributed by atoms with Gasteiger partial charge in [-0.2, -0.15) is 0 Å². The lowest BCUT2D eigenvalue weighted by Gasteiger charge is -2.08. The molecule has 0 aliphatic rings. The van der Waals surface area contributed by atoms with Crippen LogP contribution in [0, 0.1) is 5.41 Å². The minimum absolute atomic E-state index is 0.208. The van der Waals surface area contributed by atoms with E-state index in [1.165, 1.54) is 10.9 Å². The molecular weight excluding hydrogens is 248 g/mol. The first-order chi connectivity index (χ1) is 9.65. The van der Waals surface area contributed by atoms with Gasteiger partial charge in [-0.25, -0.2) is 0 Å². The van der Waals surface area contributed by atoms with Crippen molar-refractivity contribution in [2.75, 3.05) is 0 Å². The molecule has 0 bridgehead atoms. The first-order valence-corrected chi connectivity index (χ1v) is 7.19. The molecule has 0 aliphatic carbocycles. The lowest BCUT2D eigenvalue weighted by molar-refractivity contribution is 0.412. The fourth-order valence-corrected chi connectivity index (χ4v) is 2.22. The molecule has 1 heterocycles. The molecule has 0 fully saturated rings. The van der Waals surface area contributed by atoms with E-state index in [4.69, 9.17) is 10.1 Å². The first-order valence-electron chi connectivity index (χ1n) is 7.19. The Hall–Kier alpha value is -2.03. The molecule has 0 amide bonds. The predicted molar refractivity (Wildman–Crippen MR) is 84.3 cm³/mol. The van der Waals surface area contributed by atoms with E-state index in [0.29, 0.717) is 0 Å². The lowest BCUT2D eigenvalue weighted by atomic mass is 10.1. The van der Waals surface area contributed by atoms with Crippen molar-refractivity contribution in [2.45, 2.75) is 40.0 Å². The normalized spacial score (nSPS) is 11.8. The summed E-state index contributed by atoms with van der Waals surface area (Å²) in [6.45, 7) is 6.16. The van der Waals surface area contributed by atoms with Crippen molar-refractivity contribution in [1.29, 1.82) is 5.41 Å². The number of aromatic amines is 1. The Morgan fingerprint density at radius 3 is 2.85 bits per heavy atom. The summed E-state index contributed by atoms with van der Waals surface area (Å²) in [6.07, 6.45) is 7.11. The molecule has 2 N–H and O–H groups in total. The standard InChI is InChI=1S/C17H22N2O/c1-4-6-7-12(3)20-17(18)14-8-9-16-15(10-14)13(5-2)11-19-16/h7-11,18-19H,4-6H2,1-3H3. The second kappa shape index (κ2) is 6.42. The van der Waals surface area contributed by atoms with Crippen molar-refractivity contribution < 1.29 is 4.74 Å². The Balaban J connectivity index is 2.22.